The zero-order valence-corrected chi connectivity index (χ0v) is 17.7. The third-order valence-electron chi connectivity index (χ3n) is 5.22. The summed E-state index contributed by atoms with van der Waals surface area (Å²) in [6.45, 7) is 0. The van der Waals surface area contributed by atoms with E-state index in [1.165, 1.54) is 37.4 Å². The zero-order chi connectivity index (χ0) is 23.9. The Morgan fingerprint density at radius 1 is 0.970 bits per heavy atom. The summed E-state index contributed by atoms with van der Waals surface area (Å²) in [5.74, 6) is -5.08. The van der Waals surface area contributed by atoms with Gasteiger partial charge in [-0.05, 0) is 48.0 Å². The molecule has 0 spiro atoms. The molecular weight excluding hydrogens is 459 g/mol. The van der Waals surface area contributed by atoms with Gasteiger partial charge in [-0.3, -0.25) is 14.5 Å². The number of aliphatic hydroxyl groups is 1. The van der Waals surface area contributed by atoms with Crippen molar-refractivity contribution in [3.8, 4) is 5.75 Å². The summed E-state index contributed by atoms with van der Waals surface area (Å²) in [5, 5.41) is 11.3. The van der Waals surface area contributed by atoms with Crippen molar-refractivity contribution >= 4 is 34.7 Å². The van der Waals surface area contributed by atoms with E-state index >= 15 is 0 Å². The van der Waals surface area contributed by atoms with E-state index in [9.17, 15) is 27.9 Å². The maximum absolute atomic E-state index is 14.6. The second-order valence-electron chi connectivity index (χ2n) is 7.17. The highest BCUT2D eigenvalue weighted by molar-refractivity contribution is 6.51. The SMILES string of the molecule is COc1cc(/C(O)=C2\C(=O)C(=O)N(c3cc(F)ccc3F)C2c2ccc(F)cc2)ccc1Cl. The van der Waals surface area contributed by atoms with Crippen molar-refractivity contribution in [1.82, 2.24) is 0 Å². The van der Waals surface area contributed by atoms with E-state index in [0.717, 1.165) is 35.2 Å². The molecule has 1 heterocycles. The molecule has 1 aliphatic rings. The molecule has 0 aliphatic carbocycles. The number of aliphatic hydroxyl groups excluding tert-OH is 1. The van der Waals surface area contributed by atoms with Crippen LogP contribution in [0.4, 0.5) is 18.9 Å². The van der Waals surface area contributed by atoms with Crippen LogP contribution in [-0.2, 0) is 9.59 Å². The molecule has 1 N–H and O–H groups in total. The molecule has 1 fully saturated rings. The number of anilines is 1. The first-order valence-corrected chi connectivity index (χ1v) is 9.96. The van der Waals surface area contributed by atoms with Crippen molar-refractivity contribution in [1.29, 1.82) is 0 Å². The summed E-state index contributed by atoms with van der Waals surface area (Å²) in [6, 6.07) is 10.0. The monoisotopic (exact) mass is 473 g/mol. The molecule has 0 bridgehead atoms. The van der Waals surface area contributed by atoms with Gasteiger partial charge in [-0.25, -0.2) is 13.2 Å². The molecule has 1 aliphatic heterocycles. The topological polar surface area (TPSA) is 66.8 Å². The first-order chi connectivity index (χ1) is 15.7. The molecule has 33 heavy (non-hydrogen) atoms. The van der Waals surface area contributed by atoms with E-state index in [-0.39, 0.29) is 27.5 Å². The van der Waals surface area contributed by atoms with Gasteiger partial charge in [-0.15, -0.1) is 0 Å². The molecule has 0 radical (unpaired) electrons. The number of hydrogen-bond acceptors (Lipinski definition) is 4. The molecule has 0 aromatic heterocycles. The average Bonchev–Trinajstić information content (AvgIpc) is 3.06. The second-order valence-corrected chi connectivity index (χ2v) is 7.57. The molecule has 1 atom stereocenters. The predicted octanol–water partition coefficient (Wildman–Crippen LogP) is 5.39. The zero-order valence-electron chi connectivity index (χ0n) is 17.0. The van der Waals surface area contributed by atoms with Crippen molar-refractivity contribution in [3.05, 3.63) is 99.8 Å². The van der Waals surface area contributed by atoms with E-state index in [1.54, 1.807) is 0 Å². The molecule has 1 amide bonds. The standard InChI is InChI=1S/C24H15ClF3NO4/c1-33-19-10-13(4-8-16(19)25)22(30)20-21(12-2-5-14(26)6-3-12)29(24(32)23(20)31)18-11-15(27)7-9-17(18)28/h2-11,21,30H,1H3/b22-20+. The molecule has 0 saturated carbocycles. The number of benzene rings is 3. The summed E-state index contributed by atoms with van der Waals surface area (Å²) in [6.07, 6.45) is 0. The Morgan fingerprint density at radius 3 is 2.30 bits per heavy atom. The van der Waals surface area contributed by atoms with Gasteiger partial charge in [0.15, 0.2) is 0 Å². The lowest BCUT2D eigenvalue weighted by Crippen LogP contribution is -2.30. The van der Waals surface area contributed by atoms with E-state index in [4.69, 9.17) is 16.3 Å². The van der Waals surface area contributed by atoms with Gasteiger partial charge in [0.2, 0.25) is 0 Å². The minimum atomic E-state index is -1.36. The normalized spacial score (nSPS) is 17.5. The fourth-order valence-corrected chi connectivity index (χ4v) is 3.87. The number of carbonyl (C=O) groups is 2. The van der Waals surface area contributed by atoms with Crippen molar-refractivity contribution in [2.24, 2.45) is 0 Å². The van der Waals surface area contributed by atoms with Crippen molar-refractivity contribution in [2.45, 2.75) is 6.04 Å². The Bertz CT molecular complexity index is 1310. The van der Waals surface area contributed by atoms with Gasteiger partial charge >= 0.3 is 0 Å². The van der Waals surface area contributed by atoms with Gasteiger partial charge in [-0.1, -0.05) is 23.7 Å². The highest BCUT2D eigenvalue weighted by Crippen LogP contribution is 2.43. The molecule has 1 unspecified atom stereocenters. The molecule has 3 aromatic rings. The van der Waals surface area contributed by atoms with Crippen LogP contribution in [0.5, 0.6) is 5.75 Å². The first-order valence-electron chi connectivity index (χ1n) is 9.58. The third kappa shape index (κ3) is 3.93. The summed E-state index contributed by atoms with van der Waals surface area (Å²) in [4.78, 5) is 26.7. The average molecular weight is 474 g/mol. The number of amides is 1. The number of ketones is 1. The number of rotatable bonds is 4. The first kappa shape index (κ1) is 22.4. The number of carbonyl (C=O) groups excluding carboxylic acids is 2. The highest BCUT2D eigenvalue weighted by atomic mass is 35.5. The summed E-state index contributed by atoms with van der Waals surface area (Å²) < 4.78 is 47.2. The van der Waals surface area contributed by atoms with Crippen molar-refractivity contribution in [3.63, 3.8) is 0 Å². The van der Waals surface area contributed by atoms with Gasteiger partial charge in [0.1, 0.15) is 29.0 Å². The van der Waals surface area contributed by atoms with Crippen LogP contribution in [0.1, 0.15) is 17.2 Å². The maximum Gasteiger partial charge on any atom is 0.300 e. The smallest absolute Gasteiger partial charge is 0.300 e. The van der Waals surface area contributed by atoms with Gasteiger partial charge in [0, 0.05) is 11.6 Å². The number of ether oxygens (including phenoxy) is 1. The predicted molar refractivity (Wildman–Crippen MR) is 116 cm³/mol. The molecule has 1 saturated heterocycles. The minimum Gasteiger partial charge on any atom is -0.507 e. The summed E-state index contributed by atoms with van der Waals surface area (Å²) in [7, 11) is 1.36. The summed E-state index contributed by atoms with van der Waals surface area (Å²) >= 11 is 6.02. The van der Waals surface area contributed by atoms with Gasteiger partial charge in [-0.2, -0.15) is 0 Å². The van der Waals surface area contributed by atoms with Gasteiger partial charge in [0.05, 0.1) is 29.4 Å². The van der Waals surface area contributed by atoms with Crippen molar-refractivity contribution in [2.75, 3.05) is 12.0 Å². The Kier molecular flexibility index (Phi) is 5.86. The van der Waals surface area contributed by atoms with E-state index in [1.807, 2.05) is 0 Å². The molecule has 9 heteroatoms. The summed E-state index contributed by atoms with van der Waals surface area (Å²) in [5.41, 5.74) is -0.596. The third-order valence-corrected chi connectivity index (χ3v) is 5.53. The molecule has 4 rings (SSSR count). The van der Waals surface area contributed by atoms with Crippen LogP contribution >= 0.6 is 11.6 Å². The number of methoxy groups -OCH3 is 1. The lowest BCUT2D eigenvalue weighted by molar-refractivity contribution is -0.132. The van der Waals surface area contributed by atoms with Crippen LogP contribution in [0.2, 0.25) is 5.02 Å². The van der Waals surface area contributed by atoms with E-state index in [0.29, 0.717) is 0 Å². The number of hydrogen-bond donors (Lipinski definition) is 1. The Hall–Kier alpha value is -3.78. The minimum absolute atomic E-state index is 0.0982. The molecule has 3 aromatic carbocycles. The van der Waals surface area contributed by atoms with Gasteiger partial charge < -0.3 is 9.84 Å². The second kappa shape index (κ2) is 8.63. The van der Waals surface area contributed by atoms with E-state index in [2.05, 4.69) is 0 Å². The quantitative estimate of drug-likeness (QED) is 0.313. The fraction of sp³-hybridized carbons (Fsp3) is 0.0833. The van der Waals surface area contributed by atoms with Crippen LogP contribution < -0.4 is 9.64 Å². The Labute approximate surface area is 191 Å². The van der Waals surface area contributed by atoms with E-state index < -0.39 is 46.6 Å². The molecule has 168 valence electrons. The van der Waals surface area contributed by atoms with Crippen LogP contribution in [0.15, 0.2) is 66.2 Å². The fourth-order valence-electron chi connectivity index (χ4n) is 3.67. The Balaban J connectivity index is 1.98. The number of halogens is 4. The maximum atomic E-state index is 14.6. The largest absolute Gasteiger partial charge is 0.507 e. The molecule has 5 nitrogen and oxygen atoms in total. The molecular formula is C24H15ClF3NO4. The van der Waals surface area contributed by atoms with Crippen LogP contribution in [0.3, 0.4) is 0 Å². The number of nitrogens with zero attached hydrogens (tertiary/aromatic N) is 1. The Morgan fingerprint density at radius 2 is 1.64 bits per heavy atom. The van der Waals surface area contributed by atoms with Crippen LogP contribution in [0, 0.1) is 17.5 Å². The van der Waals surface area contributed by atoms with Gasteiger partial charge in [0.25, 0.3) is 11.7 Å². The number of Topliss-reactive ketones (excluding diaryl/α,β-unsaturated/α-hetero) is 1. The lowest BCUT2D eigenvalue weighted by Gasteiger charge is -2.25. The van der Waals surface area contributed by atoms with Crippen molar-refractivity contribution < 1.29 is 32.6 Å². The van der Waals surface area contributed by atoms with Crippen LogP contribution in [0.25, 0.3) is 5.76 Å². The van der Waals surface area contributed by atoms with Crippen LogP contribution in [-0.4, -0.2) is 23.9 Å². The lowest BCUT2D eigenvalue weighted by atomic mass is 9.95. The highest BCUT2D eigenvalue weighted by Gasteiger charge is 2.47.